The number of rotatable bonds is 11. The molecule has 14 unspecified atom stereocenters. The number of nitrogens with zero attached hydrogens (tertiary/aromatic N) is 2. The summed E-state index contributed by atoms with van der Waals surface area (Å²) in [5.41, 5.74) is -2.54. The Morgan fingerprint density at radius 2 is 1.74 bits per heavy atom. The number of aliphatic carboxylic acids is 1. The summed E-state index contributed by atoms with van der Waals surface area (Å²) in [5.74, 6) is -3.09. The van der Waals surface area contributed by atoms with Gasteiger partial charge >= 0.3 is 6.21 Å². The first-order chi connectivity index (χ1) is 25.9. The lowest BCUT2D eigenvalue weighted by Gasteiger charge is -2.52. The van der Waals surface area contributed by atoms with Crippen molar-refractivity contribution in [3.8, 4) is 0 Å². The van der Waals surface area contributed by atoms with Crippen molar-refractivity contribution in [2.45, 2.75) is 188 Å². The van der Waals surface area contributed by atoms with Crippen LogP contribution in [0.4, 0.5) is 0 Å². The molecule has 0 radical (unpaired) electrons. The van der Waals surface area contributed by atoms with Gasteiger partial charge in [0, 0.05) is 38.7 Å². The van der Waals surface area contributed by atoms with Gasteiger partial charge in [-0.2, -0.15) is 0 Å². The van der Waals surface area contributed by atoms with E-state index in [2.05, 4.69) is 10.3 Å². The molecule has 7 N–H and O–H groups in total. The fraction of sp³-hybridized carbons (Fsp3) is 0.897. The number of carboxylic acids is 1. The van der Waals surface area contributed by atoms with Gasteiger partial charge in [0.05, 0.1) is 43.0 Å². The average Bonchev–Trinajstić information content (AvgIpc) is 3.66. The SMILES string of the molecule is COC1CCC(C2CC(O)C3C(CC(OC4OC(C(=O)[O-])C(O)(C[C+]5C=N[CH+][N-]5)C(O)C4O)C(OC4(O)CCCC(CC5CCCCC5)C4)C3O)[OH+]2)CC1. The van der Waals surface area contributed by atoms with Crippen molar-refractivity contribution in [1.29, 1.82) is 0 Å². The van der Waals surface area contributed by atoms with E-state index in [1.54, 1.807) is 7.11 Å². The molecule has 0 aromatic rings. The fourth-order valence-electron chi connectivity index (χ4n) is 10.9. The number of aliphatic hydroxyl groups is 8. The zero-order valence-corrected chi connectivity index (χ0v) is 31.3. The van der Waals surface area contributed by atoms with E-state index in [0.29, 0.717) is 25.2 Å². The molecule has 0 bridgehead atoms. The minimum absolute atomic E-state index is 0.0982. The van der Waals surface area contributed by atoms with Crippen molar-refractivity contribution in [1.82, 2.24) is 0 Å². The first-order valence-corrected chi connectivity index (χ1v) is 20.4. The third-order valence-corrected chi connectivity index (χ3v) is 13.8. The number of methoxy groups -OCH3 is 1. The number of carboxylic acid groups (broad SMARTS) is 1. The Kier molecular flexibility index (Phi) is 12.8. The van der Waals surface area contributed by atoms with Crippen LogP contribution in [0.25, 0.3) is 5.32 Å². The van der Waals surface area contributed by atoms with Gasteiger partial charge in [-0.15, -0.1) is 0 Å². The number of fused-ring (bicyclic) bond motifs is 1. The molecule has 7 rings (SSSR count). The molecule has 54 heavy (non-hydrogen) atoms. The van der Waals surface area contributed by atoms with Crippen LogP contribution in [0, 0.1) is 36.4 Å². The number of aliphatic imine (C=N–C) groups is 1. The van der Waals surface area contributed by atoms with Gasteiger partial charge in [0.15, 0.2) is 35.9 Å². The van der Waals surface area contributed by atoms with Crippen molar-refractivity contribution in [3.63, 3.8) is 0 Å². The number of carbonyl (C=O) groups excluding carboxylic acids is 1. The maximum absolute atomic E-state index is 12.4. The molecule has 4 aliphatic carbocycles. The Balaban J connectivity index is 1.11. The second-order valence-corrected chi connectivity index (χ2v) is 17.4. The Morgan fingerprint density at radius 1 is 1.00 bits per heavy atom. The molecule has 2 saturated heterocycles. The normalized spacial score (nSPS) is 47.6. The lowest BCUT2D eigenvalue weighted by atomic mass is 9.71. The lowest BCUT2D eigenvalue weighted by Crippen LogP contribution is -2.71. The van der Waals surface area contributed by atoms with Crippen molar-refractivity contribution in [2.24, 2.45) is 28.7 Å². The molecule has 6 fully saturated rings. The molecule has 7 aliphatic rings. The van der Waals surface area contributed by atoms with Crippen LogP contribution >= 0.6 is 0 Å². The molecule has 0 amide bonds. The minimum Gasteiger partial charge on any atom is -0.547 e. The van der Waals surface area contributed by atoms with Gasteiger partial charge in [-0.25, -0.2) is 0 Å². The molecule has 14 atom stereocenters. The lowest BCUT2D eigenvalue weighted by molar-refractivity contribution is -0.387. The van der Waals surface area contributed by atoms with Crippen molar-refractivity contribution < 1.29 is 64.2 Å². The van der Waals surface area contributed by atoms with Crippen LogP contribution in [0.5, 0.6) is 0 Å². The number of ether oxygens (including phenoxy) is 5. The van der Waals surface area contributed by atoms with E-state index in [0.717, 1.165) is 44.9 Å². The fourth-order valence-corrected chi connectivity index (χ4v) is 10.9. The zero-order valence-electron chi connectivity index (χ0n) is 31.3. The van der Waals surface area contributed by atoms with Crippen LogP contribution in [-0.4, -0.2) is 133 Å². The maximum Gasteiger partial charge on any atom is 0.301 e. The third-order valence-electron chi connectivity index (χ3n) is 13.8. The van der Waals surface area contributed by atoms with Crippen LogP contribution < -0.4 is 5.11 Å². The predicted octanol–water partition coefficient (Wildman–Crippen LogP) is 0.649. The molecule has 4 saturated carbocycles. The first kappa shape index (κ1) is 40.6. The van der Waals surface area contributed by atoms with Crippen LogP contribution in [0.3, 0.4) is 0 Å². The zero-order chi connectivity index (χ0) is 38.2. The van der Waals surface area contributed by atoms with Crippen molar-refractivity contribution in [2.75, 3.05) is 7.11 Å². The number of hydrogen-bond acceptors (Lipinski definition) is 13. The highest BCUT2D eigenvalue weighted by Gasteiger charge is 2.62. The van der Waals surface area contributed by atoms with Gasteiger partial charge in [0.1, 0.15) is 30.8 Å². The number of carbonyl (C=O) groups is 1. The molecule has 0 aromatic heterocycles. The van der Waals surface area contributed by atoms with Gasteiger partial charge in [-0.05, 0) is 50.4 Å². The summed E-state index contributed by atoms with van der Waals surface area (Å²) in [7, 11) is 1.72. The van der Waals surface area contributed by atoms with Crippen LogP contribution in [0.15, 0.2) is 4.99 Å². The van der Waals surface area contributed by atoms with E-state index in [9.17, 15) is 40.5 Å². The molecule has 15 heteroatoms. The second kappa shape index (κ2) is 17.1. The van der Waals surface area contributed by atoms with Crippen LogP contribution in [0.1, 0.15) is 109 Å². The summed E-state index contributed by atoms with van der Waals surface area (Å²) in [5, 5.41) is 86.2. The molecule has 304 valence electrons. The summed E-state index contributed by atoms with van der Waals surface area (Å²) in [4.78, 5) is 16.2. The van der Waals surface area contributed by atoms with Gasteiger partial charge in [-0.3, -0.25) is 5.32 Å². The summed E-state index contributed by atoms with van der Waals surface area (Å²) in [6, 6.07) is 0.165. The van der Waals surface area contributed by atoms with E-state index < -0.39 is 84.8 Å². The van der Waals surface area contributed by atoms with E-state index in [1.165, 1.54) is 45.0 Å². The maximum atomic E-state index is 12.4. The molecule has 15 nitrogen and oxygen atoms in total. The molecule has 3 aliphatic heterocycles. The van der Waals surface area contributed by atoms with E-state index in [4.69, 9.17) is 23.7 Å². The van der Waals surface area contributed by atoms with Crippen LogP contribution in [-0.2, 0) is 23.7 Å². The molecular formula is C39H61N2O13+. The monoisotopic (exact) mass is 765 g/mol. The quantitative estimate of drug-likeness (QED) is 0.0967. The highest BCUT2D eigenvalue weighted by atomic mass is 16.7. The van der Waals surface area contributed by atoms with Crippen molar-refractivity contribution in [3.05, 3.63) is 18.0 Å². The van der Waals surface area contributed by atoms with Gasteiger partial charge in [0.25, 0.3) is 0 Å². The van der Waals surface area contributed by atoms with Crippen molar-refractivity contribution >= 4 is 12.2 Å². The van der Waals surface area contributed by atoms with Gasteiger partial charge in [-0.1, -0.05) is 43.5 Å². The average molecular weight is 766 g/mol. The van der Waals surface area contributed by atoms with Gasteiger partial charge in [0.2, 0.25) is 0 Å². The summed E-state index contributed by atoms with van der Waals surface area (Å²) >= 11 is 0. The molecular weight excluding hydrogens is 704 g/mol. The number of aliphatic hydroxyl groups excluding tert-OH is 4. The predicted molar refractivity (Wildman–Crippen MR) is 190 cm³/mol. The summed E-state index contributed by atoms with van der Waals surface area (Å²) in [6.07, 6.45) is 1.18. The summed E-state index contributed by atoms with van der Waals surface area (Å²) in [6.45, 7) is 1.20. The van der Waals surface area contributed by atoms with E-state index in [-0.39, 0.29) is 36.5 Å². The highest BCUT2D eigenvalue weighted by Crippen LogP contribution is 2.47. The molecule has 0 spiro atoms. The Hall–Kier alpha value is -1.60. The number of hydrogen-bond donors (Lipinski definition) is 6. The minimum atomic E-state index is -2.54. The highest BCUT2D eigenvalue weighted by molar-refractivity contribution is 5.82. The largest absolute Gasteiger partial charge is 0.547 e. The van der Waals surface area contributed by atoms with Crippen LogP contribution in [0.2, 0.25) is 0 Å². The topological polar surface area (TPSA) is 238 Å². The Labute approximate surface area is 317 Å². The Bertz CT molecular complexity index is 1280. The van der Waals surface area contributed by atoms with E-state index >= 15 is 0 Å². The van der Waals surface area contributed by atoms with E-state index in [1.807, 2.05) is 0 Å². The van der Waals surface area contributed by atoms with Gasteiger partial charge < -0.3 is 64.2 Å². The smallest absolute Gasteiger partial charge is 0.301 e. The summed E-state index contributed by atoms with van der Waals surface area (Å²) < 4.78 is 29.3. The second-order valence-electron chi connectivity index (χ2n) is 17.4. The first-order valence-electron chi connectivity index (χ1n) is 20.4. The third kappa shape index (κ3) is 8.63. The Morgan fingerprint density at radius 3 is 2.43 bits per heavy atom. The molecule has 0 aromatic carbocycles. The molecule has 3 heterocycles. The standard InChI is InChI=1S/C39H60N2O13/c1-50-25-11-9-23(10-12-25)27-15-26(42)30-28(51-27)16-29(33(31(30)43)54-38(48)13-5-8-22(17-38)14-21-6-3-2-4-7-21)52-37-32(44)34(45)39(49,35(53-37)36(46)47)18-24-19-40-20-41-24/h19-23,25-35,37,42-45,48-49H,2-18H2,1H3/p+1.